The second-order valence-corrected chi connectivity index (χ2v) is 8.57. The number of halogens is 2. The molecule has 0 spiro atoms. The molecule has 0 bridgehead atoms. The molecule has 1 aromatic heterocycles. The Morgan fingerprint density at radius 2 is 1.97 bits per heavy atom. The van der Waals surface area contributed by atoms with Crippen LogP contribution in [0, 0.1) is 0 Å². The lowest BCUT2D eigenvalue weighted by Crippen LogP contribution is -2.40. The molecule has 1 fully saturated rings. The van der Waals surface area contributed by atoms with Gasteiger partial charge < -0.3 is 5.32 Å². The summed E-state index contributed by atoms with van der Waals surface area (Å²) in [5.41, 5.74) is 0.757. The van der Waals surface area contributed by atoms with Gasteiger partial charge in [-0.1, -0.05) is 54.2 Å². The van der Waals surface area contributed by atoms with Crippen LogP contribution >= 0.6 is 35.0 Å². The van der Waals surface area contributed by atoms with Crippen LogP contribution in [0.25, 0.3) is 11.4 Å². The standard InChI is InChI=1S/C19H23Cl2N5O2S/c1-2-22-18(28)23-16(27)11-29-19-25-24-17(14-9-8-12(20)10-15(14)21)26(19)13-6-4-3-5-7-13/h8-10,13H,2-7,11H2,1H3,(H2,22,23,27,28). The molecule has 2 aromatic rings. The third-order valence-electron chi connectivity index (χ3n) is 4.70. The molecule has 0 aliphatic heterocycles. The number of rotatable bonds is 6. The highest BCUT2D eigenvalue weighted by Gasteiger charge is 2.25. The molecule has 29 heavy (non-hydrogen) atoms. The second-order valence-electron chi connectivity index (χ2n) is 6.79. The number of carbonyl (C=O) groups excluding carboxylic acids is 2. The minimum Gasteiger partial charge on any atom is -0.338 e. The Kier molecular flexibility index (Phi) is 7.80. The van der Waals surface area contributed by atoms with Crippen LogP contribution in [-0.2, 0) is 4.79 Å². The van der Waals surface area contributed by atoms with E-state index in [2.05, 4.69) is 25.4 Å². The van der Waals surface area contributed by atoms with Gasteiger partial charge in [-0.3, -0.25) is 14.7 Å². The summed E-state index contributed by atoms with van der Waals surface area (Å²) in [6.45, 7) is 2.24. The molecule has 1 aliphatic carbocycles. The van der Waals surface area contributed by atoms with Gasteiger partial charge in [0.05, 0.1) is 10.8 Å². The minimum absolute atomic E-state index is 0.0658. The number of hydrogen-bond donors (Lipinski definition) is 2. The highest BCUT2D eigenvalue weighted by atomic mass is 35.5. The van der Waals surface area contributed by atoms with Crippen LogP contribution in [0.3, 0.4) is 0 Å². The molecule has 1 aliphatic rings. The summed E-state index contributed by atoms with van der Waals surface area (Å²) in [5.74, 6) is 0.353. The van der Waals surface area contributed by atoms with Crippen molar-refractivity contribution in [2.75, 3.05) is 12.3 Å². The van der Waals surface area contributed by atoms with Crippen LogP contribution in [-0.4, -0.2) is 39.0 Å². The van der Waals surface area contributed by atoms with E-state index < -0.39 is 6.03 Å². The highest BCUT2D eigenvalue weighted by molar-refractivity contribution is 7.99. The fourth-order valence-corrected chi connectivity index (χ4v) is 4.69. The number of benzene rings is 1. The summed E-state index contributed by atoms with van der Waals surface area (Å²) < 4.78 is 2.08. The highest BCUT2D eigenvalue weighted by Crippen LogP contribution is 2.38. The zero-order valence-electron chi connectivity index (χ0n) is 16.1. The summed E-state index contributed by atoms with van der Waals surface area (Å²) in [6, 6.07) is 5.04. The van der Waals surface area contributed by atoms with Crippen LogP contribution in [0.1, 0.15) is 45.1 Å². The van der Waals surface area contributed by atoms with E-state index in [0.29, 0.717) is 27.6 Å². The zero-order valence-corrected chi connectivity index (χ0v) is 18.4. The second kappa shape index (κ2) is 10.3. The van der Waals surface area contributed by atoms with Crippen molar-refractivity contribution in [3.8, 4) is 11.4 Å². The number of urea groups is 1. The molecule has 0 saturated heterocycles. The molecule has 1 aromatic carbocycles. The fraction of sp³-hybridized carbons (Fsp3) is 0.474. The van der Waals surface area contributed by atoms with Gasteiger partial charge in [0.15, 0.2) is 11.0 Å². The van der Waals surface area contributed by atoms with E-state index in [-0.39, 0.29) is 17.7 Å². The Labute approximate surface area is 183 Å². The van der Waals surface area contributed by atoms with Crippen molar-refractivity contribution in [3.05, 3.63) is 28.2 Å². The topological polar surface area (TPSA) is 88.9 Å². The quantitative estimate of drug-likeness (QED) is 0.616. The van der Waals surface area contributed by atoms with Gasteiger partial charge in [0.25, 0.3) is 0 Å². The number of hydrogen-bond acceptors (Lipinski definition) is 5. The van der Waals surface area contributed by atoms with Crippen molar-refractivity contribution in [2.45, 2.75) is 50.2 Å². The van der Waals surface area contributed by atoms with E-state index in [9.17, 15) is 9.59 Å². The molecule has 2 N–H and O–H groups in total. The molecule has 0 unspecified atom stereocenters. The van der Waals surface area contributed by atoms with E-state index in [1.54, 1.807) is 19.1 Å². The first-order chi connectivity index (χ1) is 14.0. The van der Waals surface area contributed by atoms with Crippen LogP contribution < -0.4 is 10.6 Å². The Morgan fingerprint density at radius 1 is 1.21 bits per heavy atom. The average Bonchev–Trinajstić information content (AvgIpc) is 3.11. The van der Waals surface area contributed by atoms with E-state index >= 15 is 0 Å². The molecule has 7 nitrogen and oxygen atoms in total. The number of aromatic nitrogens is 3. The van der Waals surface area contributed by atoms with E-state index in [1.165, 1.54) is 18.2 Å². The van der Waals surface area contributed by atoms with Gasteiger partial charge in [0, 0.05) is 23.2 Å². The summed E-state index contributed by atoms with van der Waals surface area (Å²) in [4.78, 5) is 23.6. The third kappa shape index (κ3) is 5.65. The molecule has 0 radical (unpaired) electrons. The summed E-state index contributed by atoms with van der Waals surface area (Å²) in [6.07, 6.45) is 5.54. The van der Waals surface area contributed by atoms with Gasteiger partial charge in [0.1, 0.15) is 0 Å². The maximum Gasteiger partial charge on any atom is 0.321 e. The summed E-state index contributed by atoms with van der Waals surface area (Å²) >= 11 is 13.7. The van der Waals surface area contributed by atoms with E-state index in [1.807, 2.05) is 6.07 Å². The molecule has 3 rings (SSSR count). The van der Waals surface area contributed by atoms with Crippen LogP contribution in [0.2, 0.25) is 10.0 Å². The SMILES string of the molecule is CCNC(=O)NC(=O)CSc1nnc(-c2ccc(Cl)cc2Cl)n1C1CCCCC1. The predicted molar refractivity (Wildman–Crippen MR) is 116 cm³/mol. The number of imide groups is 1. The van der Waals surface area contributed by atoms with Gasteiger partial charge >= 0.3 is 6.03 Å². The number of nitrogens with one attached hydrogen (secondary N) is 2. The number of nitrogens with zero attached hydrogens (tertiary/aromatic N) is 3. The third-order valence-corrected chi connectivity index (χ3v) is 6.19. The smallest absolute Gasteiger partial charge is 0.321 e. The van der Waals surface area contributed by atoms with Crippen molar-refractivity contribution >= 4 is 46.9 Å². The molecule has 156 valence electrons. The van der Waals surface area contributed by atoms with Crippen LogP contribution in [0.5, 0.6) is 0 Å². The summed E-state index contributed by atoms with van der Waals surface area (Å²) in [7, 11) is 0. The molecule has 1 saturated carbocycles. The number of carbonyl (C=O) groups is 2. The lowest BCUT2D eigenvalue weighted by Gasteiger charge is -2.25. The molecule has 10 heteroatoms. The van der Waals surface area contributed by atoms with Gasteiger partial charge in [0.2, 0.25) is 5.91 Å². The Bertz CT molecular complexity index is 883. The van der Waals surface area contributed by atoms with Gasteiger partial charge in [-0.05, 0) is 38.0 Å². The molecule has 1 heterocycles. The van der Waals surface area contributed by atoms with E-state index in [4.69, 9.17) is 23.2 Å². The van der Waals surface area contributed by atoms with Crippen LogP contribution in [0.15, 0.2) is 23.4 Å². The Hall–Kier alpha value is -1.77. The van der Waals surface area contributed by atoms with Crippen LogP contribution in [0.4, 0.5) is 4.79 Å². The van der Waals surface area contributed by atoms with Crippen molar-refractivity contribution in [3.63, 3.8) is 0 Å². The largest absolute Gasteiger partial charge is 0.338 e. The normalized spacial score (nSPS) is 14.6. The molecule has 0 atom stereocenters. The van der Waals surface area contributed by atoms with Gasteiger partial charge in [-0.25, -0.2) is 4.79 Å². The fourth-order valence-electron chi connectivity index (χ4n) is 3.40. The zero-order chi connectivity index (χ0) is 20.8. The number of amides is 3. The maximum absolute atomic E-state index is 12.1. The maximum atomic E-state index is 12.1. The molecule has 3 amide bonds. The first kappa shape index (κ1) is 21.9. The minimum atomic E-state index is -0.500. The van der Waals surface area contributed by atoms with Crippen molar-refractivity contribution < 1.29 is 9.59 Å². The van der Waals surface area contributed by atoms with E-state index in [0.717, 1.165) is 31.2 Å². The Balaban J connectivity index is 1.84. The Morgan fingerprint density at radius 3 is 2.66 bits per heavy atom. The predicted octanol–water partition coefficient (Wildman–Crippen LogP) is 4.69. The van der Waals surface area contributed by atoms with Gasteiger partial charge in [-0.15, -0.1) is 10.2 Å². The molecular weight excluding hydrogens is 433 g/mol. The van der Waals surface area contributed by atoms with Crippen molar-refractivity contribution in [1.82, 2.24) is 25.4 Å². The first-order valence-electron chi connectivity index (χ1n) is 9.60. The number of thioether (sulfide) groups is 1. The molecular formula is C19H23Cl2N5O2S. The summed E-state index contributed by atoms with van der Waals surface area (Å²) in [5, 5.41) is 15.2. The first-order valence-corrected chi connectivity index (χ1v) is 11.3. The monoisotopic (exact) mass is 455 g/mol. The van der Waals surface area contributed by atoms with Gasteiger partial charge in [-0.2, -0.15) is 0 Å². The van der Waals surface area contributed by atoms with Crippen molar-refractivity contribution in [2.24, 2.45) is 0 Å². The average molecular weight is 456 g/mol. The lowest BCUT2D eigenvalue weighted by molar-refractivity contribution is -0.117. The lowest BCUT2D eigenvalue weighted by atomic mass is 9.95. The van der Waals surface area contributed by atoms with Crippen molar-refractivity contribution in [1.29, 1.82) is 0 Å².